The van der Waals surface area contributed by atoms with Gasteiger partial charge in [-0.05, 0) is 54.8 Å². The molecule has 0 bridgehead atoms. The molecule has 3 aromatic rings. The predicted molar refractivity (Wildman–Crippen MR) is 117 cm³/mol. The highest BCUT2D eigenvalue weighted by atomic mass is 32.2. The summed E-state index contributed by atoms with van der Waals surface area (Å²) in [6, 6.07) is 10.7. The number of hydrogen-bond donors (Lipinski definition) is 2. The second-order valence-electron chi connectivity index (χ2n) is 6.68. The van der Waals surface area contributed by atoms with Crippen molar-refractivity contribution in [3.8, 4) is 0 Å². The van der Waals surface area contributed by atoms with Gasteiger partial charge in [-0.1, -0.05) is 30.8 Å². The van der Waals surface area contributed by atoms with Gasteiger partial charge in [0.15, 0.2) is 10.1 Å². The van der Waals surface area contributed by atoms with Crippen LogP contribution in [-0.2, 0) is 21.1 Å². The van der Waals surface area contributed by atoms with Crippen molar-refractivity contribution in [3.05, 3.63) is 76.0 Å². The number of H-pyrrole nitrogens is 1. The molecule has 2 aromatic carbocycles. The molecule has 0 saturated carbocycles. The first-order chi connectivity index (χ1) is 14.7. The van der Waals surface area contributed by atoms with Crippen LogP contribution in [0.5, 0.6) is 0 Å². The van der Waals surface area contributed by atoms with Crippen molar-refractivity contribution in [2.75, 3.05) is 11.1 Å². The molecule has 31 heavy (non-hydrogen) atoms. The summed E-state index contributed by atoms with van der Waals surface area (Å²) >= 11 is 0.966. The molecular formula is C21H20FN3O4S2. The van der Waals surface area contributed by atoms with Gasteiger partial charge in [0.1, 0.15) is 5.82 Å². The molecule has 7 nitrogen and oxygen atoms in total. The fourth-order valence-corrected chi connectivity index (χ4v) is 4.65. The number of aromatic amines is 1. The molecule has 3 rings (SSSR count). The van der Waals surface area contributed by atoms with Crippen LogP contribution >= 0.6 is 11.8 Å². The van der Waals surface area contributed by atoms with Gasteiger partial charge in [-0.25, -0.2) is 17.8 Å². The van der Waals surface area contributed by atoms with Gasteiger partial charge < -0.3 is 10.3 Å². The smallest absolute Gasteiger partial charge is 0.270 e. The van der Waals surface area contributed by atoms with E-state index in [4.69, 9.17) is 0 Å². The minimum absolute atomic E-state index is 0.0261. The number of nitrogens with zero attached hydrogens (tertiary/aromatic N) is 1. The van der Waals surface area contributed by atoms with E-state index in [-0.39, 0.29) is 27.3 Å². The van der Waals surface area contributed by atoms with Crippen LogP contribution in [0.2, 0.25) is 0 Å². The number of hydrogen-bond acceptors (Lipinski definition) is 6. The molecule has 10 heteroatoms. The van der Waals surface area contributed by atoms with Crippen LogP contribution in [0.15, 0.2) is 68.4 Å². The molecule has 2 N–H and O–H groups in total. The highest BCUT2D eigenvalue weighted by molar-refractivity contribution is 7.99. The zero-order valence-electron chi connectivity index (χ0n) is 16.8. The molecular weight excluding hydrogens is 441 g/mol. The van der Waals surface area contributed by atoms with Crippen LogP contribution in [-0.4, -0.2) is 30.0 Å². The van der Waals surface area contributed by atoms with E-state index < -0.39 is 26.1 Å². The summed E-state index contributed by atoms with van der Waals surface area (Å²) < 4.78 is 38.8. The molecule has 0 atom stereocenters. The summed E-state index contributed by atoms with van der Waals surface area (Å²) in [7, 11) is -4.16. The van der Waals surface area contributed by atoms with Gasteiger partial charge in [-0.2, -0.15) is 0 Å². The normalized spacial score (nSPS) is 11.3. The Morgan fingerprint density at radius 3 is 2.52 bits per heavy atom. The summed E-state index contributed by atoms with van der Waals surface area (Å²) in [6.07, 6.45) is 1.84. The number of benzene rings is 2. The fourth-order valence-electron chi connectivity index (χ4n) is 2.70. The molecule has 0 unspecified atom stereocenters. The fraction of sp³-hybridized carbons (Fsp3) is 0.190. The third-order valence-electron chi connectivity index (χ3n) is 4.46. The maximum atomic E-state index is 13.4. The minimum Gasteiger partial charge on any atom is -0.325 e. The van der Waals surface area contributed by atoms with Gasteiger partial charge in [0, 0.05) is 5.69 Å². The third kappa shape index (κ3) is 5.39. The van der Waals surface area contributed by atoms with E-state index in [1.807, 2.05) is 19.1 Å². The lowest BCUT2D eigenvalue weighted by atomic mass is 10.1. The number of anilines is 1. The average molecular weight is 462 g/mol. The number of nitrogens with one attached hydrogen (secondary N) is 2. The number of amides is 1. The van der Waals surface area contributed by atoms with Crippen molar-refractivity contribution in [2.45, 2.75) is 35.2 Å². The summed E-state index contributed by atoms with van der Waals surface area (Å²) in [5.74, 6) is -0.866. The van der Waals surface area contributed by atoms with E-state index >= 15 is 0 Å². The van der Waals surface area contributed by atoms with Crippen LogP contribution in [0, 0.1) is 12.7 Å². The Morgan fingerprint density at radius 2 is 1.90 bits per heavy atom. The Hall–Kier alpha value is -2.98. The molecule has 0 saturated heterocycles. The van der Waals surface area contributed by atoms with E-state index in [0.717, 1.165) is 48.1 Å². The summed E-state index contributed by atoms with van der Waals surface area (Å²) in [4.78, 5) is 30.0. The molecule has 0 aliphatic carbocycles. The zero-order valence-corrected chi connectivity index (χ0v) is 18.4. The molecule has 1 amide bonds. The first kappa shape index (κ1) is 22.7. The van der Waals surface area contributed by atoms with E-state index in [1.54, 1.807) is 12.1 Å². The number of aryl methyl sites for hydroxylation is 2. The van der Waals surface area contributed by atoms with E-state index in [2.05, 4.69) is 15.3 Å². The van der Waals surface area contributed by atoms with E-state index in [1.165, 1.54) is 6.92 Å². The summed E-state index contributed by atoms with van der Waals surface area (Å²) in [5.41, 5.74) is 1.09. The lowest BCUT2D eigenvalue weighted by molar-refractivity contribution is -0.113. The van der Waals surface area contributed by atoms with Crippen LogP contribution in [0.3, 0.4) is 0 Å². The van der Waals surface area contributed by atoms with Crippen molar-refractivity contribution in [2.24, 2.45) is 0 Å². The molecule has 0 fully saturated rings. The third-order valence-corrected chi connectivity index (χ3v) is 7.09. The van der Waals surface area contributed by atoms with Crippen LogP contribution in [0.1, 0.15) is 18.1 Å². The first-order valence-corrected chi connectivity index (χ1v) is 11.8. The van der Waals surface area contributed by atoms with Gasteiger partial charge in [0.2, 0.25) is 15.7 Å². The van der Waals surface area contributed by atoms with Crippen LogP contribution < -0.4 is 10.9 Å². The van der Waals surface area contributed by atoms with Crippen molar-refractivity contribution in [1.29, 1.82) is 0 Å². The summed E-state index contributed by atoms with van der Waals surface area (Å²) in [5, 5.41) is 2.85. The molecule has 162 valence electrons. The Kier molecular flexibility index (Phi) is 6.91. The molecule has 1 aromatic heterocycles. The highest BCUT2D eigenvalue weighted by Gasteiger charge is 2.23. The summed E-state index contributed by atoms with van der Waals surface area (Å²) in [6.45, 7) is 3.47. The van der Waals surface area contributed by atoms with Gasteiger partial charge in [-0.15, -0.1) is 0 Å². The number of carbonyl (C=O) groups excluding carboxylic acids is 1. The maximum Gasteiger partial charge on any atom is 0.270 e. The number of rotatable bonds is 7. The number of aromatic nitrogens is 2. The van der Waals surface area contributed by atoms with Crippen LogP contribution in [0.25, 0.3) is 0 Å². The van der Waals surface area contributed by atoms with Crippen molar-refractivity contribution >= 4 is 33.2 Å². The van der Waals surface area contributed by atoms with Gasteiger partial charge in [0.05, 0.1) is 16.8 Å². The molecule has 0 aliphatic rings. The van der Waals surface area contributed by atoms with E-state index in [0.29, 0.717) is 5.69 Å². The Morgan fingerprint density at radius 1 is 1.19 bits per heavy atom. The number of sulfone groups is 1. The molecule has 0 spiro atoms. The highest BCUT2D eigenvalue weighted by Crippen LogP contribution is 2.21. The largest absolute Gasteiger partial charge is 0.325 e. The van der Waals surface area contributed by atoms with Crippen molar-refractivity contribution in [1.82, 2.24) is 9.97 Å². The lowest BCUT2D eigenvalue weighted by Gasteiger charge is -2.07. The second kappa shape index (κ2) is 9.44. The topological polar surface area (TPSA) is 109 Å². The monoisotopic (exact) mass is 461 g/mol. The number of thioether (sulfide) groups is 1. The SMILES string of the molecule is CCc1ccc(NC(=O)CSc2ncc(S(=O)(=O)c3ccc(F)c(C)c3)c(=O)[nH]2)cc1. The molecule has 0 radical (unpaired) electrons. The van der Waals surface area contributed by atoms with E-state index in [9.17, 15) is 22.4 Å². The molecule has 1 heterocycles. The zero-order chi connectivity index (χ0) is 22.6. The number of halogens is 1. The quantitative estimate of drug-likeness (QED) is 0.317. The Labute approximate surface area is 183 Å². The van der Waals surface area contributed by atoms with Gasteiger partial charge in [-0.3, -0.25) is 9.59 Å². The van der Waals surface area contributed by atoms with Crippen molar-refractivity contribution < 1.29 is 17.6 Å². The number of carbonyl (C=O) groups is 1. The van der Waals surface area contributed by atoms with Crippen LogP contribution in [0.4, 0.5) is 10.1 Å². The first-order valence-electron chi connectivity index (χ1n) is 9.33. The minimum atomic E-state index is -4.16. The predicted octanol–water partition coefficient (Wildman–Crippen LogP) is 3.34. The Balaban J connectivity index is 1.69. The standard InChI is InChI=1S/C21H20FN3O4S2/c1-3-14-4-6-15(7-5-14)24-19(26)12-30-21-23-11-18(20(27)25-21)31(28,29)16-8-9-17(22)13(2)10-16/h4-11H,3,12H2,1-2H3,(H,24,26)(H,23,25,27). The average Bonchev–Trinajstić information content (AvgIpc) is 2.74. The molecule has 0 aliphatic heterocycles. The maximum absolute atomic E-state index is 13.4. The van der Waals surface area contributed by atoms with Gasteiger partial charge in [0.25, 0.3) is 5.56 Å². The van der Waals surface area contributed by atoms with Gasteiger partial charge >= 0.3 is 0 Å². The van der Waals surface area contributed by atoms with Crippen molar-refractivity contribution in [3.63, 3.8) is 0 Å². The second-order valence-corrected chi connectivity index (χ2v) is 9.57. The lowest BCUT2D eigenvalue weighted by Crippen LogP contribution is -2.20. The Bertz CT molecular complexity index is 1270.